The van der Waals surface area contributed by atoms with Gasteiger partial charge in [-0.15, -0.1) is 0 Å². The van der Waals surface area contributed by atoms with E-state index < -0.39 is 6.04 Å². The largest absolute Gasteiger partial charge is 0.633 e. The van der Waals surface area contributed by atoms with Crippen molar-refractivity contribution in [3.63, 3.8) is 0 Å². The van der Waals surface area contributed by atoms with Crippen LogP contribution in [0.5, 0.6) is 5.75 Å². The second kappa shape index (κ2) is 6.94. The van der Waals surface area contributed by atoms with Gasteiger partial charge in [0.1, 0.15) is 11.8 Å². The highest BCUT2D eigenvalue weighted by Crippen LogP contribution is 2.48. The minimum absolute atomic E-state index is 0.0169. The van der Waals surface area contributed by atoms with Crippen molar-refractivity contribution in [3.8, 4) is 5.75 Å². The number of rotatable bonds is 2. The van der Waals surface area contributed by atoms with Gasteiger partial charge in [0, 0.05) is 35.5 Å². The Balaban J connectivity index is 1.27. The maximum Gasteiger partial charge on any atom is 0.255 e. The Morgan fingerprint density at radius 2 is 1.87 bits per heavy atom. The first-order valence-electron chi connectivity index (χ1n) is 11.9. The minimum atomic E-state index is -0.406. The molecule has 1 aromatic carbocycles. The summed E-state index contributed by atoms with van der Waals surface area (Å²) in [6.45, 7) is 2.64. The SMILES string of the molecule is COc1cccc2c1CN(C1CC[C@@H]3[C@H]4CCC[N+]5([O-])CCC[C@@H](CN3C1=O)[C@@H]45)C2=O. The monoisotopic (exact) mass is 425 g/mol. The van der Waals surface area contributed by atoms with Crippen molar-refractivity contribution < 1.29 is 19.0 Å². The number of nitrogens with zero attached hydrogens (tertiary/aromatic N) is 3. The van der Waals surface area contributed by atoms with Crippen LogP contribution in [0.25, 0.3) is 0 Å². The standard InChI is InChI=1S/C24H31N3O4/c1-31-21-8-2-6-16-18(21)14-26(23(16)28)20-10-9-19-17-7-4-12-27(30)11-3-5-15(22(17)27)13-25(19)24(20)29/h2,6,8,15,17,19-20,22H,3-5,7,9-14H2,1H3/t15-,17+,19+,20?,22-,27?/m0/s1. The second-order valence-corrected chi connectivity index (χ2v) is 10.2. The van der Waals surface area contributed by atoms with E-state index in [0.29, 0.717) is 42.7 Å². The molecule has 7 heteroatoms. The van der Waals surface area contributed by atoms with Crippen LogP contribution >= 0.6 is 0 Å². The van der Waals surface area contributed by atoms with Crippen LogP contribution in [0.2, 0.25) is 0 Å². The fraction of sp³-hybridized carbons (Fsp3) is 0.667. The Bertz CT molecular complexity index is 931. The number of hydrogen-bond donors (Lipinski definition) is 0. The van der Waals surface area contributed by atoms with Gasteiger partial charge >= 0.3 is 0 Å². The zero-order valence-corrected chi connectivity index (χ0v) is 18.2. The molecule has 6 atom stereocenters. The predicted molar refractivity (Wildman–Crippen MR) is 114 cm³/mol. The van der Waals surface area contributed by atoms with Crippen molar-refractivity contribution in [2.75, 3.05) is 26.7 Å². The third-order valence-corrected chi connectivity index (χ3v) is 8.83. The zero-order chi connectivity index (χ0) is 21.3. The number of hydrogen-bond acceptors (Lipinski definition) is 4. The Morgan fingerprint density at radius 1 is 1.06 bits per heavy atom. The molecule has 4 fully saturated rings. The molecular formula is C24H31N3O4. The molecule has 2 unspecified atom stereocenters. The van der Waals surface area contributed by atoms with Gasteiger partial charge in [-0.1, -0.05) is 6.07 Å². The number of carbonyl (C=O) groups excluding carboxylic acids is 2. The topological polar surface area (TPSA) is 72.9 Å². The van der Waals surface area contributed by atoms with Gasteiger partial charge in [-0.25, -0.2) is 0 Å². The van der Waals surface area contributed by atoms with E-state index in [4.69, 9.17) is 4.74 Å². The molecule has 0 N–H and O–H groups in total. The predicted octanol–water partition coefficient (Wildman–Crippen LogP) is 2.53. The molecule has 0 aromatic heterocycles. The van der Waals surface area contributed by atoms with Crippen LogP contribution in [0.4, 0.5) is 0 Å². The highest BCUT2D eigenvalue weighted by molar-refractivity contribution is 6.02. The summed E-state index contributed by atoms with van der Waals surface area (Å²) in [7, 11) is 1.62. The lowest BCUT2D eigenvalue weighted by Crippen LogP contribution is -2.73. The van der Waals surface area contributed by atoms with Crippen LogP contribution < -0.4 is 4.74 Å². The van der Waals surface area contributed by atoms with Crippen LogP contribution in [0.3, 0.4) is 0 Å². The third kappa shape index (κ3) is 2.72. The molecule has 1 aromatic rings. The minimum Gasteiger partial charge on any atom is -0.633 e. The molecule has 0 aliphatic carbocycles. The van der Waals surface area contributed by atoms with Gasteiger partial charge in [0.05, 0.1) is 32.8 Å². The molecule has 0 bridgehead atoms. The van der Waals surface area contributed by atoms with Gasteiger partial charge in [-0.2, -0.15) is 0 Å². The summed E-state index contributed by atoms with van der Waals surface area (Å²) in [4.78, 5) is 30.7. The molecule has 31 heavy (non-hydrogen) atoms. The summed E-state index contributed by atoms with van der Waals surface area (Å²) in [5.74, 6) is 1.37. The van der Waals surface area contributed by atoms with Crippen LogP contribution in [0, 0.1) is 17.0 Å². The Labute approximate surface area is 183 Å². The van der Waals surface area contributed by atoms with Crippen molar-refractivity contribution in [3.05, 3.63) is 34.5 Å². The second-order valence-electron chi connectivity index (χ2n) is 10.2. The first-order chi connectivity index (χ1) is 15.0. The summed E-state index contributed by atoms with van der Waals surface area (Å²) >= 11 is 0. The van der Waals surface area contributed by atoms with Gasteiger partial charge in [-0.05, 0) is 50.7 Å². The Hall–Kier alpha value is -2.12. The van der Waals surface area contributed by atoms with Gasteiger partial charge in [0.25, 0.3) is 5.91 Å². The first-order valence-corrected chi connectivity index (χ1v) is 11.9. The van der Waals surface area contributed by atoms with Crippen LogP contribution in [0.1, 0.15) is 54.4 Å². The van der Waals surface area contributed by atoms with E-state index >= 15 is 0 Å². The smallest absolute Gasteiger partial charge is 0.255 e. The lowest BCUT2D eigenvalue weighted by atomic mass is 9.67. The summed E-state index contributed by atoms with van der Waals surface area (Å²) in [6, 6.07) is 5.48. The Kier molecular flexibility index (Phi) is 4.38. The molecule has 5 aliphatic heterocycles. The normalized spacial score (nSPS) is 39.1. The number of benzene rings is 1. The number of fused-ring (bicyclic) bond motifs is 3. The highest BCUT2D eigenvalue weighted by Gasteiger charge is 2.57. The van der Waals surface area contributed by atoms with Gasteiger partial charge in [0.15, 0.2) is 0 Å². The molecule has 0 radical (unpaired) electrons. The van der Waals surface area contributed by atoms with Gasteiger partial charge in [-0.3, -0.25) is 9.59 Å². The van der Waals surface area contributed by atoms with Crippen LogP contribution in [-0.4, -0.2) is 71.1 Å². The van der Waals surface area contributed by atoms with Gasteiger partial charge in [0.2, 0.25) is 5.91 Å². The molecule has 4 saturated heterocycles. The lowest BCUT2D eigenvalue weighted by Gasteiger charge is -2.65. The molecule has 0 saturated carbocycles. The third-order valence-electron chi connectivity index (χ3n) is 8.83. The maximum atomic E-state index is 13.7. The molecule has 2 amide bonds. The van der Waals surface area contributed by atoms with E-state index in [1.54, 1.807) is 12.0 Å². The van der Waals surface area contributed by atoms with E-state index in [1.165, 1.54) is 0 Å². The van der Waals surface area contributed by atoms with Crippen molar-refractivity contribution in [1.29, 1.82) is 0 Å². The van der Waals surface area contributed by atoms with Crippen LogP contribution in [-0.2, 0) is 11.3 Å². The molecule has 7 nitrogen and oxygen atoms in total. The Morgan fingerprint density at radius 3 is 2.68 bits per heavy atom. The van der Waals surface area contributed by atoms with Crippen LogP contribution in [0.15, 0.2) is 18.2 Å². The van der Waals surface area contributed by atoms with E-state index in [0.717, 1.165) is 50.8 Å². The summed E-state index contributed by atoms with van der Waals surface area (Å²) < 4.78 is 5.45. The zero-order valence-electron chi connectivity index (χ0n) is 18.2. The molecule has 166 valence electrons. The molecule has 5 aliphatic rings. The fourth-order valence-corrected chi connectivity index (χ4v) is 7.61. The highest BCUT2D eigenvalue weighted by atomic mass is 16.5. The van der Waals surface area contributed by atoms with Crippen molar-refractivity contribution >= 4 is 11.8 Å². The number of hydroxylamine groups is 3. The fourth-order valence-electron chi connectivity index (χ4n) is 7.61. The summed E-state index contributed by atoms with van der Waals surface area (Å²) in [5.41, 5.74) is 1.54. The number of amides is 2. The number of methoxy groups -OCH3 is 1. The van der Waals surface area contributed by atoms with E-state index in [2.05, 4.69) is 4.90 Å². The quantitative estimate of drug-likeness (QED) is 0.539. The molecule has 6 rings (SSSR count). The molecular weight excluding hydrogens is 394 g/mol. The molecule has 0 spiro atoms. The maximum absolute atomic E-state index is 13.7. The average molecular weight is 426 g/mol. The average Bonchev–Trinajstić information content (AvgIpc) is 3.11. The van der Waals surface area contributed by atoms with E-state index in [-0.39, 0.29) is 28.5 Å². The van der Waals surface area contributed by atoms with Crippen molar-refractivity contribution in [2.24, 2.45) is 11.8 Å². The van der Waals surface area contributed by atoms with Crippen molar-refractivity contribution in [1.82, 2.24) is 9.80 Å². The van der Waals surface area contributed by atoms with E-state index in [9.17, 15) is 14.8 Å². The number of carbonyl (C=O) groups is 2. The summed E-state index contributed by atoms with van der Waals surface area (Å²) in [6.07, 6.45) is 5.63. The van der Waals surface area contributed by atoms with Gasteiger partial charge < -0.3 is 24.4 Å². The first kappa shape index (κ1) is 19.6. The molecule has 5 heterocycles. The van der Waals surface area contributed by atoms with Crippen molar-refractivity contribution in [2.45, 2.75) is 63.2 Å². The number of ether oxygens (including phenoxy) is 1. The lowest BCUT2D eigenvalue weighted by molar-refractivity contribution is -0.925. The number of piperidine rings is 4. The van der Waals surface area contributed by atoms with E-state index in [1.807, 2.05) is 18.2 Å². The summed E-state index contributed by atoms with van der Waals surface area (Å²) in [5, 5.41) is 13.5. The number of quaternary nitrogens is 1.